The molecule has 98 valence electrons. The normalized spacial score (nSPS) is 17.9. The number of likely N-dealkylation sites (tertiary alicyclic amines) is 1. The molecular weight excluding hydrogens is 257 g/mol. The predicted octanol–water partition coefficient (Wildman–Crippen LogP) is 2.78. The van der Waals surface area contributed by atoms with Crippen LogP contribution in [0, 0.1) is 11.7 Å². The lowest BCUT2D eigenvalue weighted by Crippen LogP contribution is -2.35. The maximum atomic E-state index is 13.2. The number of aliphatic carboxylic acids is 1. The molecule has 1 heterocycles. The van der Waals surface area contributed by atoms with Crippen molar-refractivity contribution in [2.75, 3.05) is 13.1 Å². The molecule has 1 N–H and O–H groups in total. The third-order valence-electron chi connectivity index (χ3n) is 3.27. The zero-order chi connectivity index (χ0) is 13.1. The highest BCUT2D eigenvalue weighted by Gasteiger charge is 2.24. The fourth-order valence-corrected chi connectivity index (χ4v) is 2.54. The van der Waals surface area contributed by atoms with E-state index in [0.29, 0.717) is 24.4 Å². The Balaban J connectivity index is 1.93. The summed E-state index contributed by atoms with van der Waals surface area (Å²) < 4.78 is 13.2. The van der Waals surface area contributed by atoms with Gasteiger partial charge in [-0.1, -0.05) is 11.6 Å². The van der Waals surface area contributed by atoms with E-state index in [1.165, 1.54) is 12.1 Å². The highest BCUT2D eigenvalue weighted by Crippen LogP contribution is 2.21. The van der Waals surface area contributed by atoms with Gasteiger partial charge in [0.25, 0.3) is 0 Å². The first-order valence-electron chi connectivity index (χ1n) is 5.95. The fourth-order valence-electron chi connectivity index (χ4n) is 2.30. The van der Waals surface area contributed by atoms with Crippen LogP contribution in [0.3, 0.4) is 0 Å². The Morgan fingerprint density at radius 1 is 1.39 bits per heavy atom. The largest absolute Gasteiger partial charge is 0.481 e. The molecule has 1 fully saturated rings. The van der Waals surface area contributed by atoms with Gasteiger partial charge in [-0.3, -0.25) is 9.69 Å². The number of carboxylic acids is 1. The molecule has 1 saturated heterocycles. The summed E-state index contributed by atoms with van der Waals surface area (Å²) in [7, 11) is 0. The van der Waals surface area contributed by atoms with E-state index in [1.807, 2.05) is 0 Å². The number of carboxylic acid groups (broad SMARTS) is 1. The number of halogens is 2. The van der Waals surface area contributed by atoms with Crippen LogP contribution in [0.1, 0.15) is 18.4 Å². The number of rotatable bonds is 3. The van der Waals surface area contributed by atoms with Crippen molar-refractivity contribution in [1.29, 1.82) is 0 Å². The zero-order valence-corrected chi connectivity index (χ0v) is 10.7. The number of carbonyl (C=O) groups is 1. The molecule has 0 saturated carbocycles. The van der Waals surface area contributed by atoms with Crippen LogP contribution in [0.2, 0.25) is 5.02 Å². The number of benzene rings is 1. The van der Waals surface area contributed by atoms with Crippen molar-refractivity contribution in [2.45, 2.75) is 19.4 Å². The summed E-state index contributed by atoms with van der Waals surface area (Å²) in [6.45, 7) is 2.07. The SMILES string of the molecule is O=C(O)C1CCN(Cc2cc(F)cc(Cl)c2)CC1. The van der Waals surface area contributed by atoms with Crippen LogP contribution in [-0.2, 0) is 11.3 Å². The second-order valence-corrected chi connectivity index (χ2v) is 5.10. The van der Waals surface area contributed by atoms with Crippen molar-refractivity contribution >= 4 is 17.6 Å². The first-order chi connectivity index (χ1) is 8.54. The second-order valence-electron chi connectivity index (χ2n) is 4.67. The van der Waals surface area contributed by atoms with E-state index in [0.717, 1.165) is 18.7 Å². The van der Waals surface area contributed by atoms with E-state index >= 15 is 0 Å². The molecule has 5 heteroatoms. The molecule has 0 radical (unpaired) electrons. The summed E-state index contributed by atoms with van der Waals surface area (Å²) in [6, 6.07) is 4.49. The first kappa shape index (κ1) is 13.3. The van der Waals surface area contributed by atoms with Crippen LogP contribution in [0.5, 0.6) is 0 Å². The molecular formula is C13H15ClFNO2. The van der Waals surface area contributed by atoms with Gasteiger partial charge in [0.1, 0.15) is 5.82 Å². The molecule has 1 aliphatic rings. The summed E-state index contributed by atoms with van der Waals surface area (Å²) in [6.07, 6.45) is 1.30. The molecule has 0 atom stereocenters. The van der Waals surface area contributed by atoms with Crippen molar-refractivity contribution < 1.29 is 14.3 Å². The van der Waals surface area contributed by atoms with Crippen LogP contribution in [0.25, 0.3) is 0 Å². The molecule has 0 aromatic heterocycles. The number of hydrogen-bond acceptors (Lipinski definition) is 2. The van der Waals surface area contributed by atoms with E-state index < -0.39 is 5.97 Å². The number of hydrogen-bond donors (Lipinski definition) is 1. The Bertz CT molecular complexity index is 424. The van der Waals surface area contributed by atoms with Gasteiger partial charge in [-0.15, -0.1) is 0 Å². The van der Waals surface area contributed by atoms with Crippen molar-refractivity contribution in [3.05, 3.63) is 34.6 Å². The van der Waals surface area contributed by atoms with Gasteiger partial charge in [0.2, 0.25) is 0 Å². The van der Waals surface area contributed by atoms with Crippen LogP contribution < -0.4 is 0 Å². The zero-order valence-electron chi connectivity index (χ0n) is 9.90. The minimum atomic E-state index is -0.719. The molecule has 0 spiro atoms. The molecule has 2 rings (SSSR count). The molecule has 1 aromatic carbocycles. The Morgan fingerprint density at radius 2 is 2.06 bits per heavy atom. The van der Waals surface area contributed by atoms with Crippen molar-refractivity contribution in [3.8, 4) is 0 Å². The molecule has 0 amide bonds. The maximum Gasteiger partial charge on any atom is 0.306 e. The van der Waals surface area contributed by atoms with Gasteiger partial charge in [0, 0.05) is 11.6 Å². The van der Waals surface area contributed by atoms with Gasteiger partial charge < -0.3 is 5.11 Å². The van der Waals surface area contributed by atoms with Gasteiger partial charge in [-0.25, -0.2) is 4.39 Å². The summed E-state index contributed by atoms with van der Waals surface area (Å²) >= 11 is 5.80. The van der Waals surface area contributed by atoms with Gasteiger partial charge in [0.15, 0.2) is 0 Å². The van der Waals surface area contributed by atoms with E-state index in [-0.39, 0.29) is 11.7 Å². The highest BCUT2D eigenvalue weighted by atomic mass is 35.5. The summed E-state index contributed by atoms with van der Waals surface area (Å²) in [5.74, 6) is -1.29. The molecule has 0 bridgehead atoms. The van der Waals surface area contributed by atoms with Crippen LogP contribution in [0.15, 0.2) is 18.2 Å². The third-order valence-corrected chi connectivity index (χ3v) is 3.48. The number of nitrogens with zero attached hydrogens (tertiary/aromatic N) is 1. The quantitative estimate of drug-likeness (QED) is 0.919. The maximum absolute atomic E-state index is 13.2. The smallest absolute Gasteiger partial charge is 0.306 e. The molecule has 3 nitrogen and oxygen atoms in total. The molecule has 0 aliphatic carbocycles. The van der Waals surface area contributed by atoms with E-state index in [4.69, 9.17) is 16.7 Å². The monoisotopic (exact) mass is 271 g/mol. The van der Waals surface area contributed by atoms with Gasteiger partial charge in [0.05, 0.1) is 5.92 Å². The second kappa shape index (κ2) is 5.67. The van der Waals surface area contributed by atoms with Crippen LogP contribution in [0.4, 0.5) is 4.39 Å². The molecule has 0 unspecified atom stereocenters. The van der Waals surface area contributed by atoms with Gasteiger partial charge in [-0.05, 0) is 49.7 Å². The first-order valence-corrected chi connectivity index (χ1v) is 6.32. The molecule has 1 aromatic rings. The van der Waals surface area contributed by atoms with Gasteiger partial charge >= 0.3 is 5.97 Å². The average molecular weight is 272 g/mol. The topological polar surface area (TPSA) is 40.5 Å². The predicted molar refractivity (Wildman–Crippen MR) is 67.0 cm³/mol. The summed E-state index contributed by atoms with van der Waals surface area (Å²) in [4.78, 5) is 13.0. The highest BCUT2D eigenvalue weighted by molar-refractivity contribution is 6.30. The van der Waals surface area contributed by atoms with Crippen LogP contribution >= 0.6 is 11.6 Å². The molecule has 18 heavy (non-hydrogen) atoms. The Hall–Kier alpha value is -1.13. The van der Waals surface area contributed by atoms with Crippen molar-refractivity contribution in [3.63, 3.8) is 0 Å². The summed E-state index contributed by atoms with van der Waals surface area (Å²) in [5, 5.41) is 9.30. The lowest BCUT2D eigenvalue weighted by atomic mass is 9.97. The van der Waals surface area contributed by atoms with E-state index in [2.05, 4.69) is 4.90 Å². The Labute approximate surface area is 110 Å². The third kappa shape index (κ3) is 3.43. The van der Waals surface area contributed by atoms with E-state index in [1.54, 1.807) is 6.07 Å². The minimum Gasteiger partial charge on any atom is -0.481 e. The van der Waals surface area contributed by atoms with Crippen molar-refractivity contribution in [2.24, 2.45) is 5.92 Å². The Kier molecular flexibility index (Phi) is 4.19. The lowest BCUT2D eigenvalue weighted by Gasteiger charge is -2.30. The molecule has 1 aliphatic heterocycles. The minimum absolute atomic E-state index is 0.239. The standard InChI is InChI=1S/C13H15ClFNO2/c14-11-5-9(6-12(15)7-11)8-16-3-1-10(2-4-16)13(17)18/h5-7,10H,1-4,8H2,(H,17,18). The average Bonchev–Trinajstić information content (AvgIpc) is 2.28. The lowest BCUT2D eigenvalue weighted by molar-refractivity contribution is -0.143. The van der Waals surface area contributed by atoms with Crippen LogP contribution in [-0.4, -0.2) is 29.1 Å². The van der Waals surface area contributed by atoms with E-state index in [9.17, 15) is 9.18 Å². The summed E-state index contributed by atoms with van der Waals surface area (Å²) in [5.41, 5.74) is 0.828. The van der Waals surface area contributed by atoms with Gasteiger partial charge in [-0.2, -0.15) is 0 Å². The van der Waals surface area contributed by atoms with Crippen molar-refractivity contribution in [1.82, 2.24) is 4.90 Å². The Morgan fingerprint density at radius 3 is 2.61 bits per heavy atom. The fraction of sp³-hybridized carbons (Fsp3) is 0.462. The number of piperidine rings is 1.